The van der Waals surface area contributed by atoms with Gasteiger partial charge >= 0.3 is 0 Å². The Balaban J connectivity index is 1.58. The average Bonchev–Trinajstić information content (AvgIpc) is 3.32. The lowest BCUT2D eigenvalue weighted by Crippen LogP contribution is -2.32. The third-order valence-corrected chi connectivity index (χ3v) is 6.32. The molecule has 3 heterocycles. The van der Waals surface area contributed by atoms with Gasteiger partial charge in [0.05, 0.1) is 24.4 Å². The first-order chi connectivity index (χ1) is 16.4. The van der Waals surface area contributed by atoms with Gasteiger partial charge in [0, 0.05) is 44.0 Å². The summed E-state index contributed by atoms with van der Waals surface area (Å²) in [6.45, 7) is 6.15. The van der Waals surface area contributed by atoms with Gasteiger partial charge in [-0.25, -0.2) is 9.97 Å². The van der Waals surface area contributed by atoms with Gasteiger partial charge in [-0.3, -0.25) is 9.36 Å². The highest BCUT2D eigenvalue weighted by Gasteiger charge is 2.26. The maximum atomic E-state index is 13.4. The number of halogens is 1. The van der Waals surface area contributed by atoms with E-state index in [1.54, 1.807) is 31.0 Å². The zero-order valence-electron chi connectivity index (χ0n) is 20.0. The number of methoxy groups -OCH3 is 1. The molecule has 0 saturated carbocycles. The van der Waals surface area contributed by atoms with E-state index in [9.17, 15) is 4.79 Å². The summed E-state index contributed by atoms with van der Waals surface area (Å²) in [6.07, 6.45) is 3.27. The number of anilines is 2. The van der Waals surface area contributed by atoms with Crippen LogP contribution in [0.15, 0.2) is 41.3 Å². The van der Waals surface area contributed by atoms with Crippen molar-refractivity contribution in [2.24, 2.45) is 7.05 Å². The molecule has 1 aliphatic heterocycles. The van der Waals surface area contributed by atoms with E-state index in [1.165, 1.54) is 0 Å². The molecule has 8 nitrogen and oxygen atoms in total. The van der Waals surface area contributed by atoms with Crippen LogP contribution in [0.1, 0.15) is 26.0 Å². The number of nitrogens with zero attached hydrogens (tertiary/aromatic N) is 4. The predicted molar refractivity (Wildman–Crippen MR) is 136 cm³/mol. The largest absolute Gasteiger partial charge is 0.497 e. The van der Waals surface area contributed by atoms with Gasteiger partial charge in [-0.2, -0.15) is 0 Å². The van der Waals surface area contributed by atoms with Crippen LogP contribution >= 0.6 is 11.6 Å². The molecule has 1 fully saturated rings. The number of hydrogen-bond acceptors (Lipinski definition) is 7. The smallest absolute Gasteiger partial charge is 0.277 e. The van der Waals surface area contributed by atoms with Crippen molar-refractivity contribution in [2.75, 3.05) is 37.0 Å². The van der Waals surface area contributed by atoms with E-state index < -0.39 is 0 Å². The van der Waals surface area contributed by atoms with E-state index in [2.05, 4.69) is 15.2 Å². The second-order valence-electron chi connectivity index (χ2n) is 8.18. The van der Waals surface area contributed by atoms with Gasteiger partial charge in [0.15, 0.2) is 0 Å². The molecule has 4 rings (SSSR count). The van der Waals surface area contributed by atoms with E-state index in [4.69, 9.17) is 26.1 Å². The molecule has 0 spiro atoms. The van der Waals surface area contributed by atoms with Crippen molar-refractivity contribution in [3.05, 3.63) is 57.6 Å². The number of aromatic nitrogens is 3. The Kier molecular flexibility index (Phi) is 7.26. The summed E-state index contributed by atoms with van der Waals surface area (Å²) < 4.78 is 12.4. The maximum absolute atomic E-state index is 13.4. The normalized spacial score (nSPS) is 15.4. The van der Waals surface area contributed by atoms with Crippen LogP contribution in [-0.4, -0.2) is 47.4 Å². The number of ether oxygens (including phenoxy) is 2. The second kappa shape index (κ2) is 10.3. The number of hydrogen-bond donors (Lipinski definition) is 1. The molecule has 180 valence electrons. The quantitative estimate of drug-likeness (QED) is 0.515. The molecule has 0 amide bonds. The first-order valence-electron chi connectivity index (χ1n) is 11.5. The van der Waals surface area contributed by atoms with Crippen LogP contribution in [0.5, 0.6) is 11.5 Å². The topological polar surface area (TPSA) is 81.5 Å². The first kappa shape index (κ1) is 23.9. The summed E-state index contributed by atoms with van der Waals surface area (Å²) in [5.41, 5.74) is 1.83. The first-order valence-corrected chi connectivity index (χ1v) is 11.9. The molecule has 1 N–H and O–H groups in total. The van der Waals surface area contributed by atoms with Crippen LogP contribution in [0.2, 0.25) is 5.02 Å². The highest BCUT2D eigenvalue weighted by Crippen LogP contribution is 2.31. The van der Waals surface area contributed by atoms with Crippen LogP contribution in [0.3, 0.4) is 0 Å². The fraction of sp³-hybridized carbons (Fsp3) is 0.400. The SMILES string of the molecule is CCOc1ccnc(N2CCC(Nc3c(CC)nc(-c4ccc(OC)cc4Cl)n(C)c3=O)C2)c1. The van der Waals surface area contributed by atoms with Crippen molar-refractivity contribution in [1.82, 2.24) is 14.5 Å². The molecule has 3 aromatic rings. The van der Waals surface area contributed by atoms with E-state index in [-0.39, 0.29) is 11.6 Å². The summed E-state index contributed by atoms with van der Waals surface area (Å²) >= 11 is 6.47. The fourth-order valence-electron chi connectivity index (χ4n) is 4.21. The monoisotopic (exact) mass is 483 g/mol. The molecule has 1 atom stereocenters. The molecule has 0 bridgehead atoms. The van der Waals surface area contributed by atoms with E-state index in [0.29, 0.717) is 40.9 Å². The average molecular weight is 484 g/mol. The third-order valence-electron chi connectivity index (χ3n) is 6.01. The number of benzene rings is 1. The summed E-state index contributed by atoms with van der Waals surface area (Å²) in [7, 11) is 3.31. The lowest BCUT2D eigenvalue weighted by molar-refractivity contribution is 0.340. The van der Waals surface area contributed by atoms with Crippen LogP contribution < -0.4 is 25.2 Å². The molecular weight excluding hydrogens is 454 g/mol. The van der Waals surface area contributed by atoms with Crippen molar-refractivity contribution < 1.29 is 9.47 Å². The van der Waals surface area contributed by atoms with Crippen molar-refractivity contribution >= 4 is 23.1 Å². The van der Waals surface area contributed by atoms with Gasteiger partial charge in [0.25, 0.3) is 5.56 Å². The second-order valence-corrected chi connectivity index (χ2v) is 8.59. The van der Waals surface area contributed by atoms with Crippen molar-refractivity contribution in [2.45, 2.75) is 32.7 Å². The molecule has 0 radical (unpaired) electrons. The fourth-order valence-corrected chi connectivity index (χ4v) is 4.47. The highest BCUT2D eigenvalue weighted by atomic mass is 35.5. The molecule has 0 aliphatic carbocycles. The molecule has 2 aromatic heterocycles. The summed E-state index contributed by atoms with van der Waals surface area (Å²) in [5.74, 6) is 2.87. The van der Waals surface area contributed by atoms with Crippen LogP contribution in [0.25, 0.3) is 11.4 Å². The van der Waals surface area contributed by atoms with Gasteiger partial charge in [-0.05, 0) is 44.0 Å². The van der Waals surface area contributed by atoms with Crippen molar-refractivity contribution in [1.29, 1.82) is 0 Å². The lowest BCUT2D eigenvalue weighted by Gasteiger charge is -2.21. The molecular formula is C25H30ClN5O3. The Labute approximate surface area is 204 Å². The van der Waals surface area contributed by atoms with Gasteiger partial charge in [0.2, 0.25) is 0 Å². The van der Waals surface area contributed by atoms with Crippen LogP contribution in [0.4, 0.5) is 11.5 Å². The summed E-state index contributed by atoms with van der Waals surface area (Å²) in [5, 5.41) is 3.96. The number of aryl methyl sites for hydroxylation is 1. The molecule has 9 heteroatoms. The number of rotatable bonds is 8. The number of pyridine rings is 1. The highest BCUT2D eigenvalue weighted by molar-refractivity contribution is 6.33. The van der Waals surface area contributed by atoms with Crippen molar-refractivity contribution in [3.8, 4) is 22.9 Å². The van der Waals surface area contributed by atoms with Crippen LogP contribution in [-0.2, 0) is 13.5 Å². The van der Waals surface area contributed by atoms with Crippen LogP contribution in [0, 0.1) is 0 Å². The predicted octanol–water partition coefficient (Wildman–Crippen LogP) is 4.16. The minimum absolute atomic E-state index is 0.104. The zero-order chi connectivity index (χ0) is 24.2. The van der Waals surface area contributed by atoms with E-state index >= 15 is 0 Å². The van der Waals surface area contributed by atoms with Gasteiger partial charge in [-0.15, -0.1) is 0 Å². The van der Waals surface area contributed by atoms with Gasteiger partial charge < -0.3 is 19.7 Å². The standard InChI is InChI=1S/C25H30ClN5O3/c1-5-21-23(25(32)30(3)24(29-21)19-8-7-17(33-4)13-20(19)26)28-16-10-12-31(15-16)22-14-18(34-6-2)9-11-27-22/h7-9,11,13-14,16,28H,5-6,10,12,15H2,1-4H3. The lowest BCUT2D eigenvalue weighted by atomic mass is 10.1. The number of nitrogens with one attached hydrogen (secondary N) is 1. The molecule has 34 heavy (non-hydrogen) atoms. The molecule has 1 saturated heterocycles. The Morgan fingerprint density at radius 3 is 2.74 bits per heavy atom. The van der Waals surface area contributed by atoms with E-state index in [0.717, 1.165) is 36.8 Å². The Bertz CT molecular complexity index is 1230. The van der Waals surface area contributed by atoms with Gasteiger partial charge in [0.1, 0.15) is 28.8 Å². The summed E-state index contributed by atoms with van der Waals surface area (Å²) in [6, 6.07) is 9.28. The third kappa shape index (κ3) is 4.82. The molecule has 1 aromatic carbocycles. The van der Waals surface area contributed by atoms with Crippen molar-refractivity contribution in [3.63, 3.8) is 0 Å². The van der Waals surface area contributed by atoms with E-state index in [1.807, 2.05) is 38.1 Å². The molecule has 1 aliphatic rings. The minimum atomic E-state index is -0.122. The van der Waals surface area contributed by atoms with Gasteiger partial charge in [-0.1, -0.05) is 18.5 Å². The molecule has 1 unspecified atom stereocenters. The minimum Gasteiger partial charge on any atom is -0.497 e. The zero-order valence-corrected chi connectivity index (χ0v) is 20.7. The Morgan fingerprint density at radius 1 is 1.21 bits per heavy atom. The maximum Gasteiger partial charge on any atom is 0.277 e. The summed E-state index contributed by atoms with van der Waals surface area (Å²) in [4.78, 5) is 24.9. The Hall–Kier alpha value is -3.26. The Morgan fingerprint density at radius 2 is 2.03 bits per heavy atom.